The number of phenols is 2. The van der Waals surface area contributed by atoms with E-state index in [0.29, 0.717) is 0 Å². The molecule has 0 fully saturated rings. The van der Waals surface area contributed by atoms with Crippen LogP contribution in [0.3, 0.4) is 0 Å². The zero-order valence-electron chi connectivity index (χ0n) is 25.0. The fourth-order valence-corrected chi connectivity index (χ4v) is 7.67. The van der Waals surface area contributed by atoms with Gasteiger partial charge >= 0.3 is 0 Å². The number of phenolic OH excluding ortho intramolecular Hbond substituents is 2. The fraction of sp³-hybridized carbons (Fsp3) is 0. The molecule has 50 heavy (non-hydrogen) atoms. The first-order chi connectivity index (χ1) is 23.5. The maximum Gasteiger partial charge on any atom is 0.297 e. The van der Waals surface area contributed by atoms with E-state index in [4.69, 9.17) is 22.5 Å². The number of hydrogen-bond donors (Lipinski definition) is 8. The third kappa shape index (κ3) is 5.41. The third-order valence-electron chi connectivity index (χ3n) is 8.02. The van der Waals surface area contributed by atoms with Crippen molar-refractivity contribution in [2.45, 2.75) is 9.79 Å². The summed E-state index contributed by atoms with van der Waals surface area (Å²) in [4.78, 5) is -2.11. The van der Waals surface area contributed by atoms with Crippen LogP contribution in [-0.4, -0.2) is 36.2 Å². The van der Waals surface area contributed by atoms with E-state index in [9.17, 15) is 36.2 Å². The van der Waals surface area contributed by atoms with Crippen molar-refractivity contribution < 1.29 is 44.9 Å². The Morgan fingerprint density at radius 3 is 1.22 bits per heavy atom. The highest BCUT2D eigenvalue weighted by Crippen LogP contribution is 2.50. The van der Waals surface area contributed by atoms with Crippen LogP contribution in [0.2, 0.25) is 0 Å². The molecule has 0 heterocycles. The van der Waals surface area contributed by atoms with Gasteiger partial charge in [-0.3, -0.25) is 9.11 Å². The van der Waals surface area contributed by atoms with Gasteiger partial charge in [-0.15, -0.1) is 0 Å². The highest BCUT2D eigenvalue weighted by atomic mass is 32.2. The molecule has 0 unspecified atom stereocenters. The van der Waals surface area contributed by atoms with Gasteiger partial charge in [-0.1, -0.05) is 24.3 Å². The van der Waals surface area contributed by atoms with Crippen LogP contribution in [-0.2, 0) is 20.2 Å². The number of nitrogens with zero attached hydrogens (tertiary/aromatic N) is 2. The number of benzene rings is 6. The summed E-state index contributed by atoms with van der Waals surface area (Å²) in [5.74, 6) is -3.72. The van der Waals surface area contributed by atoms with Crippen LogP contribution in [0.15, 0.2) is 92.8 Å². The molecule has 10 N–H and O–H groups in total. The van der Waals surface area contributed by atoms with Gasteiger partial charge in [-0.05, 0) is 70.4 Å². The minimum absolute atomic E-state index is 0.0368. The van der Waals surface area contributed by atoms with E-state index in [1.807, 2.05) is 0 Å². The number of halogens is 2. The molecule has 14 nitrogen and oxygen atoms in total. The summed E-state index contributed by atoms with van der Waals surface area (Å²) >= 11 is 0. The lowest BCUT2D eigenvalue weighted by molar-refractivity contribution is 0.471. The number of nitrogen functional groups attached to an aromatic ring is 2. The number of anilines is 2. The first kappa shape index (κ1) is 33.8. The minimum atomic E-state index is -5.24. The van der Waals surface area contributed by atoms with Gasteiger partial charge < -0.3 is 21.7 Å². The first-order valence-corrected chi connectivity index (χ1v) is 16.8. The number of hydrogen-bond acceptors (Lipinski definition) is 12. The Hall–Kier alpha value is -6.08. The molecular weight excluding hydrogens is 699 g/mol. The van der Waals surface area contributed by atoms with Crippen LogP contribution < -0.4 is 11.5 Å². The van der Waals surface area contributed by atoms with Crippen molar-refractivity contribution >= 4 is 64.5 Å². The minimum Gasteiger partial charge on any atom is -0.505 e. The van der Waals surface area contributed by atoms with E-state index in [1.165, 1.54) is 48.5 Å². The van der Waals surface area contributed by atoms with E-state index in [0.717, 1.165) is 24.3 Å². The predicted molar refractivity (Wildman–Crippen MR) is 179 cm³/mol. The fourth-order valence-electron chi connectivity index (χ4n) is 5.94. The molecule has 18 heteroatoms. The molecule has 0 aliphatic heterocycles. The van der Waals surface area contributed by atoms with Crippen LogP contribution in [0.4, 0.5) is 31.5 Å². The van der Waals surface area contributed by atoms with Crippen molar-refractivity contribution in [2.24, 2.45) is 10.2 Å². The normalized spacial score (nSPS) is 12.0. The average molecular weight is 721 g/mol. The Balaban J connectivity index is 1.57. The van der Waals surface area contributed by atoms with Gasteiger partial charge in [0.2, 0.25) is 0 Å². The molecule has 0 radical (unpaired) electrons. The van der Waals surface area contributed by atoms with Gasteiger partial charge in [0.15, 0.2) is 11.5 Å². The van der Waals surface area contributed by atoms with Crippen molar-refractivity contribution in [1.82, 2.24) is 0 Å². The molecular formula is C32H22F2N6O8S2. The predicted octanol–water partition coefficient (Wildman–Crippen LogP) is 7.67. The van der Waals surface area contributed by atoms with Crippen LogP contribution in [0.1, 0.15) is 0 Å². The Kier molecular flexibility index (Phi) is 7.98. The van der Waals surface area contributed by atoms with Crippen LogP contribution >= 0.6 is 0 Å². The summed E-state index contributed by atoms with van der Waals surface area (Å²) in [6, 6.07) is 14.4. The van der Waals surface area contributed by atoms with E-state index in [2.05, 4.69) is 10.2 Å². The molecule has 6 aromatic carbocycles. The molecule has 0 saturated heterocycles. The van der Waals surface area contributed by atoms with Gasteiger partial charge in [0.25, 0.3) is 20.2 Å². The van der Waals surface area contributed by atoms with Crippen LogP contribution in [0, 0.1) is 22.7 Å². The first-order valence-electron chi connectivity index (χ1n) is 13.9. The van der Waals surface area contributed by atoms with Crippen LogP contribution in [0.25, 0.3) is 54.9 Å². The molecule has 0 saturated carbocycles. The molecule has 0 aromatic heterocycles. The monoisotopic (exact) mass is 720 g/mol. The highest BCUT2D eigenvalue weighted by Gasteiger charge is 2.31. The molecule has 0 aliphatic carbocycles. The maximum absolute atomic E-state index is 16.0. The zero-order valence-corrected chi connectivity index (χ0v) is 26.6. The standard InChI is InChI=1S/C32H22F2N6O8S2/c33-23-9-13(1-5-19(23)25-21-11-15(35)3-7-17(21)29(41)27(39-37)31(25)49(43,44)45)14-2-6-20(24(34)10-14)26-22-12-16(36)4-8-18(22)30(42)28(40-38)32(26)50(46,47)48/h1-12,37-38,41-42H,35-36H2,(H,43,44,45)(H,46,47,48). The number of nitrogens with two attached hydrogens (primary N) is 2. The van der Waals surface area contributed by atoms with E-state index in [1.54, 1.807) is 0 Å². The second-order valence-corrected chi connectivity index (χ2v) is 13.7. The summed E-state index contributed by atoms with van der Waals surface area (Å²) in [5.41, 5.74) is 23.5. The molecule has 254 valence electrons. The molecule has 0 amide bonds. The summed E-state index contributed by atoms with van der Waals surface area (Å²) < 4.78 is 102. The Morgan fingerprint density at radius 2 is 0.920 bits per heavy atom. The second-order valence-electron chi connectivity index (χ2n) is 11.0. The average Bonchev–Trinajstić information content (AvgIpc) is 3.04. The van der Waals surface area contributed by atoms with Crippen molar-refractivity contribution in [3.63, 3.8) is 0 Å². The van der Waals surface area contributed by atoms with E-state index >= 15 is 8.78 Å². The van der Waals surface area contributed by atoms with Crippen molar-refractivity contribution in [3.8, 4) is 44.9 Å². The number of nitrogens with one attached hydrogen (secondary N) is 2. The topological polar surface area (TPSA) is 274 Å². The van der Waals surface area contributed by atoms with Gasteiger partial charge in [-0.25, -0.2) is 19.8 Å². The highest BCUT2D eigenvalue weighted by molar-refractivity contribution is 7.86. The lowest BCUT2D eigenvalue weighted by atomic mass is 9.92. The third-order valence-corrected chi connectivity index (χ3v) is 9.85. The number of aromatic hydroxyl groups is 2. The lowest BCUT2D eigenvalue weighted by Crippen LogP contribution is -2.04. The molecule has 0 atom stereocenters. The molecule has 6 rings (SSSR count). The van der Waals surface area contributed by atoms with Gasteiger partial charge in [0.05, 0.1) is 0 Å². The quantitative estimate of drug-likeness (QED) is 0.0452. The Morgan fingerprint density at radius 1 is 0.560 bits per heavy atom. The molecule has 0 aliphatic rings. The maximum atomic E-state index is 16.0. The number of rotatable bonds is 7. The molecule has 0 spiro atoms. The van der Waals surface area contributed by atoms with Gasteiger partial charge in [-0.2, -0.15) is 27.1 Å². The summed E-state index contributed by atoms with van der Waals surface area (Å²) in [5, 5.41) is 27.2. The molecule has 0 bridgehead atoms. The van der Waals surface area contributed by atoms with Gasteiger partial charge in [0, 0.05) is 44.4 Å². The smallest absolute Gasteiger partial charge is 0.297 e. The van der Waals surface area contributed by atoms with Crippen molar-refractivity contribution in [1.29, 1.82) is 11.1 Å². The SMILES string of the molecule is N=Nc1c(S(=O)(=O)O)c(-c2ccc(-c3ccc(-c4c(S(=O)(=O)O)c(N=N)c(O)c5ccc(N)cc45)c(F)c3)cc2F)c2cc(N)ccc2c1O. The summed E-state index contributed by atoms with van der Waals surface area (Å²) in [6.45, 7) is 0. The van der Waals surface area contributed by atoms with Gasteiger partial charge in [0.1, 0.15) is 32.8 Å². The molecule has 6 aromatic rings. The Labute approximate surface area is 280 Å². The van der Waals surface area contributed by atoms with E-state index in [-0.39, 0.29) is 44.0 Å². The summed E-state index contributed by atoms with van der Waals surface area (Å²) in [7, 11) is -10.5. The second kappa shape index (κ2) is 11.8. The largest absolute Gasteiger partial charge is 0.505 e. The van der Waals surface area contributed by atoms with E-state index < -0.39 is 86.8 Å². The van der Waals surface area contributed by atoms with Crippen LogP contribution in [0.5, 0.6) is 11.5 Å². The lowest BCUT2D eigenvalue weighted by Gasteiger charge is -2.18. The Bertz CT molecular complexity index is 2540. The number of fused-ring (bicyclic) bond motifs is 2. The summed E-state index contributed by atoms with van der Waals surface area (Å²) in [6.07, 6.45) is 0. The van der Waals surface area contributed by atoms with Crippen molar-refractivity contribution in [3.05, 3.63) is 84.4 Å². The zero-order chi connectivity index (χ0) is 36.4. The van der Waals surface area contributed by atoms with Crippen molar-refractivity contribution in [2.75, 3.05) is 11.5 Å².